The Kier molecular flexibility index (Phi) is 3.26. The summed E-state index contributed by atoms with van der Waals surface area (Å²) in [5, 5.41) is 12.7. The Morgan fingerprint density at radius 2 is 1.70 bits per heavy atom. The van der Waals surface area contributed by atoms with Gasteiger partial charge in [0, 0.05) is 10.7 Å². The normalized spacial score (nSPS) is 30.4. The molecule has 2 aliphatic carbocycles. The van der Waals surface area contributed by atoms with Crippen LogP contribution in [0.4, 0.5) is 5.69 Å². The van der Waals surface area contributed by atoms with Gasteiger partial charge in [0.2, 0.25) is 5.91 Å². The summed E-state index contributed by atoms with van der Waals surface area (Å²) in [7, 11) is 0. The molecule has 5 heteroatoms. The maximum absolute atomic E-state index is 12.4. The molecule has 0 spiro atoms. The first kappa shape index (κ1) is 13.2. The van der Waals surface area contributed by atoms with Gasteiger partial charge in [-0.1, -0.05) is 23.8 Å². The Bertz CT molecular complexity index is 581. The van der Waals surface area contributed by atoms with Gasteiger partial charge in [-0.2, -0.15) is 0 Å². The van der Waals surface area contributed by atoms with E-state index in [2.05, 4.69) is 5.32 Å². The molecular formula is C15H14ClNO3. The van der Waals surface area contributed by atoms with E-state index in [1.165, 1.54) is 0 Å². The van der Waals surface area contributed by atoms with E-state index >= 15 is 0 Å². The van der Waals surface area contributed by atoms with Gasteiger partial charge in [0.05, 0.1) is 11.8 Å². The Morgan fingerprint density at radius 3 is 2.30 bits per heavy atom. The predicted octanol–water partition coefficient (Wildman–Crippen LogP) is 2.80. The topological polar surface area (TPSA) is 66.4 Å². The molecule has 20 heavy (non-hydrogen) atoms. The highest BCUT2D eigenvalue weighted by Crippen LogP contribution is 2.48. The van der Waals surface area contributed by atoms with Crippen molar-refractivity contribution in [1.29, 1.82) is 0 Å². The van der Waals surface area contributed by atoms with Crippen LogP contribution in [0.5, 0.6) is 0 Å². The third kappa shape index (κ3) is 2.20. The van der Waals surface area contributed by atoms with Gasteiger partial charge in [0.1, 0.15) is 0 Å². The summed E-state index contributed by atoms with van der Waals surface area (Å²) >= 11 is 5.79. The first-order chi connectivity index (χ1) is 9.56. The Labute approximate surface area is 121 Å². The van der Waals surface area contributed by atoms with E-state index in [0.29, 0.717) is 10.7 Å². The van der Waals surface area contributed by atoms with Gasteiger partial charge in [-0.15, -0.1) is 0 Å². The molecule has 2 bridgehead atoms. The van der Waals surface area contributed by atoms with E-state index in [4.69, 9.17) is 11.6 Å². The number of carboxylic acid groups (broad SMARTS) is 1. The van der Waals surface area contributed by atoms with Crippen molar-refractivity contribution in [3.63, 3.8) is 0 Å². The lowest BCUT2D eigenvalue weighted by molar-refractivity contribution is -0.146. The summed E-state index contributed by atoms with van der Waals surface area (Å²) in [6, 6.07) is 6.79. The van der Waals surface area contributed by atoms with E-state index in [0.717, 1.165) is 6.42 Å². The zero-order valence-corrected chi connectivity index (χ0v) is 11.4. The quantitative estimate of drug-likeness (QED) is 0.842. The molecule has 1 aromatic rings. The molecule has 1 saturated carbocycles. The zero-order valence-electron chi connectivity index (χ0n) is 10.6. The molecule has 0 aliphatic heterocycles. The van der Waals surface area contributed by atoms with Crippen molar-refractivity contribution in [3.8, 4) is 0 Å². The van der Waals surface area contributed by atoms with Gasteiger partial charge >= 0.3 is 5.97 Å². The maximum Gasteiger partial charge on any atom is 0.307 e. The zero-order chi connectivity index (χ0) is 14.3. The molecule has 1 fully saturated rings. The Morgan fingerprint density at radius 1 is 1.10 bits per heavy atom. The van der Waals surface area contributed by atoms with E-state index in [1.807, 2.05) is 12.2 Å². The number of nitrogens with one attached hydrogen (secondary N) is 1. The fraction of sp³-hybridized carbons (Fsp3) is 0.333. The van der Waals surface area contributed by atoms with Gasteiger partial charge in [-0.25, -0.2) is 0 Å². The first-order valence-corrected chi connectivity index (χ1v) is 6.91. The highest BCUT2D eigenvalue weighted by atomic mass is 35.5. The predicted molar refractivity (Wildman–Crippen MR) is 75.4 cm³/mol. The number of carbonyl (C=O) groups excluding carboxylic acids is 1. The second-order valence-corrected chi connectivity index (χ2v) is 5.77. The minimum absolute atomic E-state index is 0.0153. The number of anilines is 1. The third-order valence-electron chi connectivity index (χ3n) is 4.16. The number of amides is 1. The van der Waals surface area contributed by atoms with Crippen molar-refractivity contribution in [1.82, 2.24) is 0 Å². The lowest BCUT2D eigenvalue weighted by Gasteiger charge is -2.23. The average Bonchev–Trinajstić information content (AvgIpc) is 3.01. The van der Waals surface area contributed by atoms with Crippen LogP contribution >= 0.6 is 11.6 Å². The van der Waals surface area contributed by atoms with Crippen LogP contribution in [0.1, 0.15) is 6.42 Å². The van der Waals surface area contributed by atoms with Crippen molar-refractivity contribution < 1.29 is 14.7 Å². The third-order valence-corrected chi connectivity index (χ3v) is 4.41. The molecule has 4 nitrogen and oxygen atoms in total. The number of carboxylic acids is 1. The van der Waals surface area contributed by atoms with Crippen molar-refractivity contribution in [2.24, 2.45) is 23.7 Å². The Balaban J connectivity index is 1.78. The van der Waals surface area contributed by atoms with Gasteiger partial charge in [0.15, 0.2) is 0 Å². The molecule has 0 aromatic heterocycles. The first-order valence-electron chi connectivity index (χ1n) is 6.54. The molecule has 0 unspecified atom stereocenters. The van der Waals surface area contributed by atoms with Crippen LogP contribution in [0.2, 0.25) is 5.02 Å². The van der Waals surface area contributed by atoms with Gasteiger partial charge in [-0.05, 0) is 42.5 Å². The number of hydrogen-bond donors (Lipinski definition) is 2. The van der Waals surface area contributed by atoms with Gasteiger partial charge < -0.3 is 10.4 Å². The van der Waals surface area contributed by atoms with Crippen LogP contribution in [0.3, 0.4) is 0 Å². The minimum atomic E-state index is -0.891. The molecule has 2 N–H and O–H groups in total. The summed E-state index contributed by atoms with van der Waals surface area (Å²) in [5.41, 5.74) is 0.635. The number of allylic oxidation sites excluding steroid dienone is 2. The molecule has 4 atom stereocenters. The van der Waals surface area contributed by atoms with Gasteiger partial charge in [0.25, 0.3) is 0 Å². The molecule has 1 aromatic carbocycles. The van der Waals surface area contributed by atoms with Crippen LogP contribution in [-0.4, -0.2) is 17.0 Å². The summed E-state index contributed by atoms with van der Waals surface area (Å²) in [6.45, 7) is 0. The molecular weight excluding hydrogens is 278 g/mol. The second-order valence-electron chi connectivity index (χ2n) is 5.33. The van der Waals surface area contributed by atoms with Crippen molar-refractivity contribution in [2.75, 3.05) is 5.32 Å². The number of carbonyl (C=O) groups is 2. The van der Waals surface area contributed by atoms with Crippen molar-refractivity contribution in [2.45, 2.75) is 6.42 Å². The fourth-order valence-electron chi connectivity index (χ4n) is 3.28. The van der Waals surface area contributed by atoms with E-state index in [1.54, 1.807) is 24.3 Å². The molecule has 2 aliphatic rings. The lowest BCUT2D eigenvalue weighted by atomic mass is 9.82. The molecule has 0 radical (unpaired) electrons. The van der Waals surface area contributed by atoms with E-state index < -0.39 is 17.8 Å². The highest BCUT2D eigenvalue weighted by Gasteiger charge is 2.51. The van der Waals surface area contributed by atoms with E-state index in [9.17, 15) is 14.7 Å². The Hall–Kier alpha value is -1.81. The van der Waals surface area contributed by atoms with Crippen LogP contribution in [-0.2, 0) is 9.59 Å². The number of benzene rings is 1. The van der Waals surface area contributed by atoms with Crippen molar-refractivity contribution in [3.05, 3.63) is 41.4 Å². The second kappa shape index (κ2) is 4.94. The minimum Gasteiger partial charge on any atom is -0.481 e. The largest absolute Gasteiger partial charge is 0.481 e. The summed E-state index contributed by atoms with van der Waals surface area (Å²) < 4.78 is 0. The molecule has 1 amide bonds. The van der Waals surface area contributed by atoms with Crippen LogP contribution in [0, 0.1) is 23.7 Å². The summed E-state index contributed by atoms with van der Waals surface area (Å²) in [6.07, 6.45) is 4.65. The summed E-state index contributed by atoms with van der Waals surface area (Å²) in [5.74, 6) is -2.20. The maximum atomic E-state index is 12.4. The smallest absolute Gasteiger partial charge is 0.307 e. The molecule has 0 saturated heterocycles. The van der Waals surface area contributed by atoms with E-state index in [-0.39, 0.29) is 17.7 Å². The molecule has 104 valence electrons. The number of hydrogen-bond acceptors (Lipinski definition) is 2. The van der Waals surface area contributed by atoms with Crippen molar-refractivity contribution >= 4 is 29.2 Å². The number of rotatable bonds is 3. The average molecular weight is 292 g/mol. The van der Waals surface area contributed by atoms with Crippen LogP contribution in [0.25, 0.3) is 0 Å². The summed E-state index contributed by atoms with van der Waals surface area (Å²) in [4.78, 5) is 23.7. The van der Waals surface area contributed by atoms with Crippen LogP contribution in [0.15, 0.2) is 36.4 Å². The fourth-order valence-corrected chi connectivity index (χ4v) is 3.40. The highest BCUT2D eigenvalue weighted by molar-refractivity contribution is 6.30. The standard InChI is InChI=1S/C15H14ClNO3/c16-10-3-5-11(6-4-10)17-14(18)12-8-1-2-9(7-8)13(12)15(19)20/h1-6,8-9,12-13H,7H2,(H,17,18)(H,19,20)/t8-,9+,12-,13+/m1/s1. The number of halogens is 1. The molecule has 0 heterocycles. The van der Waals surface area contributed by atoms with Gasteiger partial charge in [-0.3, -0.25) is 9.59 Å². The monoisotopic (exact) mass is 291 g/mol. The lowest BCUT2D eigenvalue weighted by Crippen LogP contribution is -2.36. The number of aliphatic carboxylic acids is 1. The SMILES string of the molecule is O=C(O)[C@@H]1[C@H](C(=O)Nc2ccc(Cl)cc2)[C@@H]2C=C[C@H]1C2. The molecule has 3 rings (SSSR count). The van der Waals surface area contributed by atoms with Crippen LogP contribution < -0.4 is 5.32 Å². The number of fused-ring (bicyclic) bond motifs is 2.